The topological polar surface area (TPSA) is 119 Å². The zero-order valence-electron chi connectivity index (χ0n) is 20.8. The van der Waals surface area contributed by atoms with Crippen LogP contribution in [-0.2, 0) is 26.1 Å². The van der Waals surface area contributed by atoms with Gasteiger partial charge in [0.05, 0.1) is 18.1 Å². The second-order valence-corrected chi connectivity index (χ2v) is 11.4. The molecule has 36 heavy (non-hydrogen) atoms. The summed E-state index contributed by atoms with van der Waals surface area (Å²) in [6.45, 7) is 6.44. The number of benzene rings is 2. The van der Waals surface area contributed by atoms with E-state index in [4.69, 9.17) is 9.47 Å². The predicted molar refractivity (Wildman–Crippen MR) is 134 cm³/mol. The van der Waals surface area contributed by atoms with E-state index in [1.165, 1.54) is 28.6 Å². The average Bonchev–Trinajstić information content (AvgIpc) is 2.83. The van der Waals surface area contributed by atoms with Crippen LogP contribution in [0.1, 0.15) is 39.2 Å². The van der Waals surface area contributed by atoms with Gasteiger partial charge in [0.2, 0.25) is 10.0 Å². The van der Waals surface area contributed by atoms with E-state index in [1.54, 1.807) is 25.7 Å². The summed E-state index contributed by atoms with van der Waals surface area (Å²) in [6.07, 6.45) is 0.301. The molecule has 0 spiro atoms. The summed E-state index contributed by atoms with van der Waals surface area (Å²) < 4.78 is 39.8. The van der Waals surface area contributed by atoms with E-state index in [1.807, 2.05) is 30.3 Å². The molecule has 196 valence electrons. The molecule has 10 nitrogen and oxygen atoms in total. The molecule has 0 unspecified atom stereocenters. The number of piperidine rings is 1. The van der Waals surface area contributed by atoms with E-state index in [-0.39, 0.29) is 18.0 Å². The van der Waals surface area contributed by atoms with Crippen LogP contribution in [0.2, 0.25) is 0 Å². The molecule has 11 heteroatoms. The Bertz CT molecular complexity index is 1140. The summed E-state index contributed by atoms with van der Waals surface area (Å²) in [6, 6.07) is 14.4. The molecule has 1 fully saturated rings. The van der Waals surface area contributed by atoms with Crippen molar-refractivity contribution in [1.29, 1.82) is 0 Å². The third kappa shape index (κ3) is 7.25. The number of likely N-dealkylation sites (tertiary alicyclic amines) is 1. The van der Waals surface area contributed by atoms with Crippen LogP contribution in [0.25, 0.3) is 0 Å². The van der Waals surface area contributed by atoms with Crippen molar-refractivity contribution in [2.75, 3.05) is 26.2 Å². The predicted octanol–water partition coefficient (Wildman–Crippen LogP) is 4.20. The lowest BCUT2D eigenvalue weighted by Crippen LogP contribution is -2.50. The molecular formula is C25H33N3O7S. The van der Waals surface area contributed by atoms with Crippen molar-refractivity contribution in [2.45, 2.75) is 56.8 Å². The summed E-state index contributed by atoms with van der Waals surface area (Å²) in [5, 5.41) is 11.6. The minimum absolute atomic E-state index is 0.0261. The van der Waals surface area contributed by atoms with E-state index in [9.17, 15) is 23.3 Å². The maximum Gasteiger partial charge on any atom is 0.410 e. The number of para-hydroxylation sites is 1. The number of hydrogen-bond acceptors (Lipinski definition) is 7. The van der Waals surface area contributed by atoms with Crippen molar-refractivity contribution in [1.82, 2.24) is 9.21 Å². The normalized spacial score (nSPS) is 15.2. The van der Waals surface area contributed by atoms with Crippen molar-refractivity contribution < 1.29 is 27.6 Å². The molecule has 2 aromatic carbocycles. The average molecular weight is 520 g/mol. The molecule has 0 aliphatic carbocycles. The molecule has 0 atom stereocenters. The Balaban J connectivity index is 1.77. The first-order chi connectivity index (χ1) is 17.0. The minimum Gasteiger partial charge on any atom is -0.444 e. The first kappa shape index (κ1) is 27.6. The molecule has 0 radical (unpaired) electrons. The maximum absolute atomic E-state index is 13.7. The van der Waals surface area contributed by atoms with Crippen LogP contribution in [0.3, 0.4) is 0 Å². The number of nitrogens with zero attached hydrogens (tertiary/aromatic N) is 3. The van der Waals surface area contributed by atoms with Gasteiger partial charge >= 0.3 is 6.09 Å². The molecule has 3 rings (SSSR count). The van der Waals surface area contributed by atoms with Crippen LogP contribution < -0.4 is 0 Å². The molecule has 2 aromatic rings. The lowest BCUT2D eigenvalue weighted by Gasteiger charge is -2.38. The fraction of sp³-hybridized carbons (Fsp3) is 0.480. The molecule has 1 heterocycles. The third-order valence-electron chi connectivity index (χ3n) is 5.74. The summed E-state index contributed by atoms with van der Waals surface area (Å²) in [5.74, 6) is 0. The molecule has 1 aliphatic heterocycles. The number of hydrogen-bond donors (Lipinski definition) is 0. The fourth-order valence-electron chi connectivity index (χ4n) is 4.03. The van der Waals surface area contributed by atoms with E-state index < -0.39 is 38.4 Å². The Morgan fingerprint density at radius 1 is 1.08 bits per heavy atom. The van der Waals surface area contributed by atoms with Crippen LogP contribution in [-0.4, -0.2) is 66.5 Å². The first-order valence-corrected chi connectivity index (χ1v) is 13.3. The quantitative estimate of drug-likeness (QED) is 0.277. The second kappa shape index (κ2) is 11.8. The Morgan fingerprint density at radius 2 is 1.69 bits per heavy atom. The molecule has 1 aliphatic rings. The van der Waals surface area contributed by atoms with Crippen molar-refractivity contribution in [3.63, 3.8) is 0 Å². The van der Waals surface area contributed by atoms with Crippen molar-refractivity contribution >= 4 is 21.8 Å². The highest BCUT2D eigenvalue weighted by atomic mass is 32.2. The minimum atomic E-state index is -4.21. The highest BCUT2D eigenvalue weighted by Crippen LogP contribution is 2.30. The molecule has 1 amide bonds. The van der Waals surface area contributed by atoms with Gasteiger partial charge < -0.3 is 14.4 Å². The Kier molecular flexibility index (Phi) is 9.04. The summed E-state index contributed by atoms with van der Waals surface area (Å²) in [4.78, 5) is 24.5. The van der Waals surface area contributed by atoms with Gasteiger partial charge in [-0.15, -0.1) is 0 Å². The summed E-state index contributed by atoms with van der Waals surface area (Å²) in [7, 11) is -4.21. The lowest BCUT2D eigenvalue weighted by molar-refractivity contribution is -0.387. The van der Waals surface area contributed by atoms with Crippen molar-refractivity contribution in [3.8, 4) is 0 Å². The molecule has 1 saturated heterocycles. The Morgan fingerprint density at radius 3 is 2.31 bits per heavy atom. The van der Waals surface area contributed by atoms with Crippen molar-refractivity contribution in [3.05, 3.63) is 70.3 Å². The van der Waals surface area contributed by atoms with E-state index in [0.29, 0.717) is 32.5 Å². The molecule has 0 aromatic heterocycles. The summed E-state index contributed by atoms with van der Waals surface area (Å²) >= 11 is 0. The fourth-order valence-corrected chi connectivity index (χ4v) is 5.86. The SMILES string of the molecule is CC(C)(C)OC(=O)N1CCC(N(CCOCc2ccccc2)S(=O)(=O)c2ccccc2[N+](=O)[O-])CC1. The van der Waals surface area contributed by atoms with Gasteiger partial charge in [0.25, 0.3) is 5.69 Å². The number of nitro groups is 1. The number of amides is 1. The van der Waals surface area contributed by atoms with E-state index in [0.717, 1.165) is 5.56 Å². The zero-order chi connectivity index (χ0) is 26.3. The van der Waals surface area contributed by atoms with Crippen LogP contribution in [0.15, 0.2) is 59.5 Å². The van der Waals surface area contributed by atoms with Gasteiger partial charge in [-0.1, -0.05) is 42.5 Å². The third-order valence-corrected chi connectivity index (χ3v) is 7.74. The monoisotopic (exact) mass is 519 g/mol. The molecular weight excluding hydrogens is 486 g/mol. The zero-order valence-corrected chi connectivity index (χ0v) is 21.6. The summed E-state index contributed by atoms with van der Waals surface area (Å²) in [5.41, 5.74) is -0.152. The van der Waals surface area contributed by atoms with Crippen LogP contribution >= 0.6 is 0 Å². The number of carbonyl (C=O) groups excluding carboxylic acids is 1. The largest absolute Gasteiger partial charge is 0.444 e. The first-order valence-electron chi connectivity index (χ1n) is 11.8. The van der Waals surface area contributed by atoms with Gasteiger partial charge in [-0.2, -0.15) is 4.31 Å². The number of rotatable bonds is 9. The van der Waals surface area contributed by atoms with Gasteiger partial charge in [0.15, 0.2) is 4.90 Å². The van der Waals surface area contributed by atoms with Crippen LogP contribution in [0.5, 0.6) is 0 Å². The molecule has 0 saturated carbocycles. The number of sulfonamides is 1. The maximum atomic E-state index is 13.7. The second-order valence-electron chi connectivity index (χ2n) is 9.58. The smallest absolute Gasteiger partial charge is 0.410 e. The van der Waals surface area contributed by atoms with Crippen LogP contribution in [0.4, 0.5) is 10.5 Å². The molecule has 0 bridgehead atoms. The standard InChI is InChI=1S/C25H33N3O7S/c1-25(2,3)35-24(29)26-15-13-21(14-16-26)27(17-18-34-19-20-9-5-4-6-10-20)36(32,33)23-12-8-7-11-22(23)28(30)31/h4-12,21H,13-19H2,1-3H3. The van der Waals surface area contributed by atoms with Gasteiger partial charge in [-0.25, -0.2) is 13.2 Å². The Hall–Kier alpha value is -3.02. The number of carbonyl (C=O) groups is 1. The lowest BCUT2D eigenvalue weighted by atomic mass is 10.1. The van der Waals surface area contributed by atoms with Gasteiger partial charge in [-0.05, 0) is 45.2 Å². The van der Waals surface area contributed by atoms with Gasteiger partial charge in [0.1, 0.15) is 5.60 Å². The highest BCUT2D eigenvalue weighted by Gasteiger charge is 2.38. The number of nitro benzene ring substituents is 1. The van der Waals surface area contributed by atoms with E-state index >= 15 is 0 Å². The molecule has 0 N–H and O–H groups in total. The Labute approximate surface area is 212 Å². The number of ether oxygens (including phenoxy) is 2. The van der Waals surface area contributed by atoms with Gasteiger partial charge in [0, 0.05) is 31.7 Å². The van der Waals surface area contributed by atoms with Crippen molar-refractivity contribution in [2.24, 2.45) is 0 Å². The van der Waals surface area contributed by atoms with Crippen LogP contribution in [0, 0.1) is 10.1 Å². The highest BCUT2D eigenvalue weighted by molar-refractivity contribution is 7.89. The van der Waals surface area contributed by atoms with E-state index in [2.05, 4.69) is 0 Å². The van der Waals surface area contributed by atoms with Gasteiger partial charge in [-0.3, -0.25) is 10.1 Å².